The van der Waals surface area contributed by atoms with E-state index in [1.807, 2.05) is 36.2 Å². The molecule has 1 N–H and O–H groups in total. The number of benzene rings is 1. The summed E-state index contributed by atoms with van der Waals surface area (Å²) >= 11 is 6.02. The average molecular weight is 264 g/mol. The first kappa shape index (κ1) is 13.4. The molecule has 1 unspecified atom stereocenters. The summed E-state index contributed by atoms with van der Waals surface area (Å²) in [5.41, 5.74) is 0.857. The molecule has 96 valence electrons. The number of hydrogen-bond donors (Lipinski definition) is 1. The number of hydrogen-bond acceptors (Lipinski definition) is 2. The molecule has 1 fully saturated rings. The molecule has 0 aliphatic heterocycles. The van der Waals surface area contributed by atoms with E-state index in [4.69, 9.17) is 11.6 Å². The molecule has 3 heteroatoms. The number of aliphatic hydroxyl groups excluding tert-OH is 1. The van der Waals surface area contributed by atoms with E-state index < -0.39 is 0 Å². The molecular weight excluding hydrogens is 246 g/mol. The van der Waals surface area contributed by atoms with Gasteiger partial charge < -0.3 is 5.11 Å². The molecule has 0 bridgehead atoms. The fraction of sp³-hybridized carbons (Fsp3) is 0.467. The van der Waals surface area contributed by atoms with Gasteiger partial charge in [-0.15, -0.1) is 0 Å². The van der Waals surface area contributed by atoms with Gasteiger partial charge in [0.2, 0.25) is 0 Å². The minimum absolute atomic E-state index is 0.197. The Bertz CT molecular complexity index is 459. The lowest BCUT2D eigenvalue weighted by Crippen LogP contribution is -2.30. The molecule has 18 heavy (non-hydrogen) atoms. The maximum atomic E-state index is 9.81. The molecule has 1 aromatic carbocycles. The van der Waals surface area contributed by atoms with Crippen molar-refractivity contribution in [2.24, 2.45) is 5.92 Å². The summed E-state index contributed by atoms with van der Waals surface area (Å²) in [7, 11) is 1.98. The van der Waals surface area contributed by atoms with Crippen molar-refractivity contribution in [1.29, 1.82) is 0 Å². The lowest BCUT2D eigenvalue weighted by molar-refractivity contribution is 0.112. The van der Waals surface area contributed by atoms with Crippen LogP contribution in [0.15, 0.2) is 24.3 Å². The smallest absolute Gasteiger partial charge is 0.0695 e. The van der Waals surface area contributed by atoms with Crippen molar-refractivity contribution >= 4 is 11.6 Å². The maximum Gasteiger partial charge on any atom is 0.0695 e. The SMILES string of the molecule is CN(CC#Cc1ccccc1Cl)CC(O)C1CC1. The van der Waals surface area contributed by atoms with E-state index in [9.17, 15) is 5.11 Å². The van der Waals surface area contributed by atoms with E-state index in [-0.39, 0.29) is 6.10 Å². The van der Waals surface area contributed by atoms with Crippen LogP contribution >= 0.6 is 11.6 Å². The maximum absolute atomic E-state index is 9.81. The molecule has 0 radical (unpaired) electrons. The van der Waals surface area contributed by atoms with Gasteiger partial charge in [-0.05, 0) is 37.9 Å². The second-order valence-electron chi connectivity index (χ2n) is 4.88. The van der Waals surface area contributed by atoms with Gasteiger partial charge in [0.1, 0.15) is 0 Å². The van der Waals surface area contributed by atoms with Gasteiger partial charge in [0.25, 0.3) is 0 Å². The third-order valence-corrected chi connectivity index (χ3v) is 3.44. The Labute approximate surface area is 114 Å². The van der Waals surface area contributed by atoms with Crippen molar-refractivity contribution in [2.45, 2.75) is 18.9 Å². The van der Waals surface area contributed by atoms with Crippen LogP contribution in [-0.4, -0.2) is 36.2 Å². The van der Waals surface area contributed by atoms with Gasteiger partial charge in [-0.25, -0.2) is 0 Å². The molecule has 2 rings (SSSR count). The summed E-state index contributed by atoms with van der Waals surface area (Å²) in [5, 5.41) is 10.5. The normalized spacial score (nSPS) is 16.2. The van der Waals surface area contributed by atoms with Crippen LogP contribution in [0.4, 0.5) is 0 Å². The Morgan fingerprint density at radius 2 is 2.17 bits per heavy atom. The van der Waals surface area contributed by atoms with E-state index in [1.54, 1.807) is 0 Å². The van der Waals surface area contributed by atoms with Gasteiger partial charge in [-0.1, -0.05) is 35.6 Å². The third-order valence-electron chi connectivity index (χ3n) is 3.11. The quantitative estimate of drug-likeness (QED) is 0.844. The molecule has 0 saturated heterocycles. The van der Waals surface area contributed by atoms with E-state index in [1.165, 1.54) is 12.8 Å². The van der Waals surface area contributed by atoms with Gasteiger partial charge in [-0.2, -0.15) is 0 Å². The third kappa shape index (κ3) is 4.03. The van der Waals surface area contributed by atoms with Gasteiger partial charge in [-0.3, -0.25) is 4.90 Å². The largest absolute Gasteiger partial charge is 0.392 e. The van der Waals surface area contributed by atoms with Crippen molar-refractivity contribution in [3.05, 3.63) is 34.9 Å². The van der Waals surface area contributed by atoms with Crippen LogP contribution in [0.5, 0.6) is 0 Å². The van der Waals surface area contributed by atoms with Crippen LogP contribution in [0.3, 0.4) is 0 Å². The first-order valence-electron chi connectivity index (χ1n) is 6.27. The standard InChI is InChI=1S/C15H18ClNO/c1-17(11-15(18)13-8-9-13)10-4-6-12-5-2-3-7-14(12)16/h2-3,5,7,13,15,18H,8-11H2,1H3. The highest BCUT2D eigenvalue weighted by molar-refractivity contribution is 6.31. The van der Waals surface area contributed by atoms with Crippen molar-refractivity contribution in [3.8, 4) is 11.8 Å². The number of nitrogens with zero attached hydrogens (tertiary/aromatic N) is 1. The van der Waals surface area contributed by atoms with Crippen LogP contribution < -0.4 is 0 Å². The van der Waals surface area contributed by atoms with Crippen molar-refractivity contribution < 1.29 is 5.11 Å². The van der Waals surface area contributed by atoms with E-state index >= 15 is 0 Å². The highest BCUT2D eigenvalue weighted by Crippen LogP contribution is 2.32. The molecule has 0 spiro atoms. The molecule has 1 saturated carbocycles. The lowest BCUT2D eigenvalue weighted by Gasteiger charge is -2.17. The lowest BCUT2D eigenvalue weighted by atomic mass is 10.2. The second kappa shape index (κ2) is 6.24. The zero-order valence-electron chi connectivity index (χ0n) is 10.6. The van der Waals surface area contributed by atoms with Gasteiger partial charge >= 0.3 is 0 Å². The average Bonchev–Trinajstić information content (AvgIpc) is 3.15. The summed E-state index contributed by atoms with van der Waals surface area (Å²) in [4.78, 5) is 2.05. The highest BCUT2D eigenvalue weighted by atomic mass is 35.5. The molecule has 2 nitrogen and oxygen atoms in total. The molecule has 0 amide bonds. The number of rotatable bonds is 4. The van der Waals surface area contributed by atoms with E-state index in [0.29, 0.717) is 24.0 Å². The Balaban J connectivity index is 1.82. The van der Waals surface area contributed by atoms with Gasteiger partial charge in [0.05, 0.1) is 17.7 Å². The minimum atomic E-state index is -0.197. The van der Waals surface area contributed by atoms with Gasteiger partial charge in [0.15, 0.2) is 0 Å². The summed E-state index contributed by atoms with van der Waals surface area (Å²) < 4.78 is 0. The van der Waals surface area contributed by atoms with Crippen molar-refractivity contribution in [1.82, 2.24) is 4.90 Å². The molecule has 1 atom stereocenters. The molecule has 1 aliphatic rings. The Morgan fingerprint density at radius 3 is 2.83 bits per heavy atom. The number of aliphatic hydroxyl groups is 1. The topological polar surface area (TPSA) is 23.5 Å². The molecule has 1 aromatic rings. The minimum Gasteiger partial charge on any atom is -0.392 e. The van der Waals surface area contributed by atoms with Crippen LogP contribution in [0.2, 0.25) is 5.02 Å². The summed E-state index contributed by atoms with van der Waals surface area (Å²) in [6.07, 6.45) is 2.14. The molecule has 0 heterocycles. The van der Waals surface area contributed by atoms with Crippen LogP contribution in [0, 0.1) is 17.8 Å². The number of likely N-dealkylation sites (N-methyl/N-ethyl adjacent to an activating group) is 1. The van der Waals surface area contributed by atoms with Crippen molar-refractivity contribution in [3.63, 3.8) is 0 Å². The van der Waals surface area contributed by atoms with E-state index in [0.717, 1.165) is 5.56 Å². The van der Waals surface area contributed by atoms with Crippen LogP contribution in [0.25, 0.3) is 0 Å². The van der Waals surface area contributed by atoms with Crippen molar-refractivity contribution in [2.75, 3.05) is 20.1 Å². The van der Waals surface area contributed by atoms with Crippen LogP contribution in [0.1, 0.15) is 18.4 Å². The predicted octanol–water partition coefficient (Wildman–Crippen LogP) is 2.39. The molecule has 1 aliphatic carbocycles. The first-order chi connectivity index (χ1) is 8.66. The Kier molecular flexibility index (Phi) is 4.66. The Hall–Kier alpha value is -1.01. The monoisotopic (exact) mass is 263 g/mol. The second-order valence-corrected chi connectivity index (χ2v) is 5.29. The first-order valence-corrected chi connectivity index (χ1v) is 6.64. The molecular formula is C15H18ClNO. The zero-order valence-corrected chi connectivity index (χ0v) is 11.3. The number of halogens is 1. The summed E-state index contributed by atoms with van der Waals surface area (Å²) in [6.45, 7) is 1.34. The fourth-order valence-corrected chi connectivity index (χ4v) is 2.03. The Morgan fingerprint density at radius 1 is 1.44 bits per heavy atom. The predicted molar refractivity (Wildman–Crippen MR) is 74.6 cm³/mol. The van der Waals surface area contributed by atoms with Gasteiger partial charge in [0, 0.05) is 12.1 Å². The molecule has 0 aromatic heterocycles. The highest BCUT2D eigenvalue weighted by Gasteiger charge is 2.29. The fourth-order valence-electron chi connectivity index (χ4n) is 1.85. The van der Waals surface area contributed by atoms with E-state index in [2.05, 4.69) is 11.8 Å². The van der Waals surface area contributed by atoms with Crippen LogP contribution in [-0.2, 0) is 0 Å². The zero-order chi connectivity index (χ0) is 13.0. The summed E-state index contributed by atoms with van der Waals surface area (Å²) in [6, 6.07) is 7.57. The summed E-state index contributed by atoms with van der Waals surface area (Å²) in [5.74, 6) is 6.66.